The molecule has 106 valence electrons. The third-order valence-electron chi connectivity index (χ3n) is 3.04. The van der Waals surface area contributed by atoms with Gasteiger partial charge in [0.2, 0.25) is 0 Å². The summed E-state index contributed by atoms with van der Waals surface area (Å²) in [4.78, 5) is 0. The van der Waals surface area contributed by atoms with E-state index in [1.807, 2.05) is 0 Å². The fourth-order valence-electron chi connectivity index (χ4n) is 2.03. The molecule has 0 aliphatic heterocycles. The van der Waals surface area contributed by atoms with E-state index >= 15 is 0 Å². The van der Waals surface area contributed by atoms with E-state index < -0.39 is 8.07 Å². The van der Waals surface area contributed by atoms with Crippen molar-refractivity contribution in [3.8, 4) is 0 Å². The van der Waals surface area contributed by atoms with Gasteiger partial charge < -0.3 is 5.11 Å². The van der Waals surface area contributed by atoms with Crippen LogP contribution in [0.25, 0.3) is 0 Å². The molecule has 0 saturated carbocycles. The molecule has 0 aromatic rings. The Morgan fingerprint density at radius 2 is 1.78 bits per heavy atom. The number of allylic oxidation sites excluding steroid dienone is 2. The number of rotatable bonds is 7. The molecule has 0 aliphatic rings. The first kappa shape index (κ1) is 17.7. The minimum atomic E-state index is -1.17. The van der Waals surface area contributed by atoms with Crippen molar-refractivity contribution in [3.05, 3.63) is 23.8 Å². The Morgan fingerprint density at radius 3 is 2.17 bits per heavy atom. The Morgan fingerprint density at radius 1 is 1.28 bits per heavy atom. The molecule has 0 radical (unpaired) electrons. The first-order valence-electron chi connectivity index (χ1n) is 6.92. The largest absolute Gasteiger partial charge is 0.389 e. The second-order valence-corrected chi connectivity index (χ2v) is 13.2. The lowest BCUT2D eigenvalue weighted by Gasteiger charge is -2.29. The molecule has 18 heavy (non-hydrogen) atoms. The molecule has 0 bridgehead atoms. The Kier molecular flexibility index (Phi) is 6.59. The smallest absolute Gasteiger partial charge is 0.0749 e. The van der Waals surface area contributed by atoms with Gasteiger partial charge in [-0.25, -0.2) is 0 Å². The van der Waals surface area contributed by atoms with E-state index in [0.29, 0.717) is 0 Å². The second-order valence-electron chi connectivity index (χ2n) is 7.77. The highest BCUT2D eigenvalue weighted by molar-refractivity contribution is 6.76. The standard InChI is InChI=1S/C16H32OSi/c1-13(2)9-10-16(4,5)11-15(17)14(3)12-18(6,7)8/h9,15,17H,3,10-12H2,1-2,4-8H3. The normalized spacial score (nSPS) is 14.2. The molecular formula is C16H32OSi. The van der Waals surface area contributed by atoms with Crippen LogP contribution in [0.3, 0.4) is 0 Å². The maximum absolute atomic E-state index is 10.3. The van der Waals surface area contributed by atoms with Gasteiger partial charge in [0, 0.05) is 8.07 Å². The number of hydrogen-bond donors (Lipinski definition) is 1. The summed E-state index contributed by atoms with van der Waals surface area (Å²) in [5.41, 5.74) is 2.51. The Labute approximate surface area is 115 Å². The average molecular weight is 269 g/mol. The minimum Gasteiger partial charge on any atom is -0.389 e. The summed E-state index contributed by atoms with van der Waals surface area (Å²) >= 11 is 0. The molecular weight excluding hydrogens is 236 g/mol. The summed E-state index contributed by atoms with van der Waals surface area (Å²) in [5, 5.41) is 10.3. The van der Waals surface area contributed by atoms with E-state index in [1.54, 1.807) is 0 Å². The monoisotopic (exact) mass is 268 g/mol. The van der Waals surface area contributed by atoms with Crippen LogP contribution in [0.1, 0.15) is 40.5 Å². The predicted octanol–water partition coefficient (Wildman–Crippen LogP) is 5.01. The summed E-state index contributed by atoms with van der Waals surface area (Å²) in [7, 11) is -1.17. The van der Waals surface area contributed by atoms with E-state index in [4.69, 9.17) is 0 Å². The topological polar surface area (TPSA) is 20.2 Å². The molecule has 0 saturated heterocycles. The molecule has 0 fully saturated rings. The average Bonchev–Trinajstić information content (AvgIpc) is 2.11. The van der Waals surface area contributed by atoms with Crippen molar-refractivity contribution in [3.63, 3.8) is 0 Å². The molecule has 0 heterocycles. The molecule has 1 unspecified atom stereocenters. The van der Waals surface area contributed by atoms with Crippen LogP contribution in [-0.2, 0) is 0 Å². The minimum absolute atomic E-state index is 0.138. The maximum atomic E-state index is 10.3. The van der Waals surface area contributed by atoms with Crippen LogP contribution in [0.5, 0.6) is 0 Å². The van der Waals surface area contributed by atoms with E-state index in [-0.39, 0.29) is 11.5 Å². The van der Waals surface area contributed by atoms with Gasteiger partial charge in [-0.2, -0.15) is 0 Å². The molecule has 1 N–H and O–H groups in total. The highest BCUT2D eigenvalue weighted by atomic mass is 28.3. The predicted molar refractivity (Wildman–Crippen MR) is 85.7 cm³/mol. The van der Waals surface area contributed by atoms with Crippen LogP contribution in [0.4, 0.5) is 0 Å². The van der Waals surface area contributed by atoms with Gasteiger partial charge in [0.15, 0.2) is 0 Å². The SMILES string of the molecule is C=C(C[Si](C)(C)C)C(O)CC(C)(C)CC=C(C)C. The maximum Gasteiger partial charge on any atom is 0.0749 e. The van der Waals surface area contributed by atoms with Crippen LogP contribution in [-0.4, -0.2) is 19.3 Å². The Balaban J connectivity index is 4.41. The number of hydrogen-bond acceptors (Lipinski definition) is 1. The molecule has 0 aliphatic carbocycles. The zero-order chi connectivity index (χ0) is 14.6. The van der Waals surface area contributed by atoms with Gasteiger partial charge in [0.05, 0.1) is 6.10 Å². The van der Waals surface area contributed by atoms with Gasteiger partial charge in [0.1, 0.15) is 0 Å². The fourth-order valence-corrected chi connectivity index (χ4v) is 3.63. The third-order valence-corrected chi connectivity index (χ3v) is 4.55. The van der Waals surface area contributed by atoms with Crippen molar-refractivity contribution in [2.75, 3.05) is 0 Å². The van der Waals surface area contributed by atoms with Crippen molar-refractivity contribution in [2.45, 2.75) is 72.3 Å². The van der Waals surface area contributed by atoms with E-state index in [9.17, 15) is 5.11 Å². The molecule has 0 spiro atoms. The summed E-state index contributed by atoms with van der Waals surface area (Å²) < 4.78 is 0. The van der Waals surface area contributed by atoms with Crippen molar-refractivity contribution in [1.29, 1.82) is 0 Å². The van der Waals surface area contributed by atoms with Crippen molar-refractivity contribution >= 4 is 8.07 Å². The molecule has 1 atom stereocenters. The van der Waals surface area contributed by atoms with Gasteiger partial charge in [-0.15, -0.1) is 0 Å². The zero-order valence-electron chi connectivity index (χ0n) is 13.4. The Hall–Kier alpha value is -0.343. The van der Waals surface area contributed by atoms with Crippen LogP contribution in [0.2, 0.25) is 25.7 Å². The number of aliphatic hydroxyl groups is 1. The summed E-state index contributed by atoms with van der Waals surface area (Å²) in [6.45, 7) is 19.7. The van der Waals surface area contributed by atoms with Crippen molar-refractivity contribution in [1.82, 2.24) is 0 Å². The molecule has 2 heteroatoms. The van der Waals surface area contributed by atoms with E-state index in [0.717, 1.165) is 24.5 Å². The van der Waals surface area contributed by atoms with Crippen LogP contribution < -0.4 is 0 Å². The molecule has 0 rings (SSSR count). The zero-order valence-corrected chi connectivity index (χ0v) is 14.4. The van der Waals surface area contributed by atoms with Crippen LogP contribution in [0.15, 0.2) is 23.8 Å². The third kappa shape index (κ3) is 8.70. The summed E-state index contributed by atoms with van der Waals surface area (Å²) in [5.74, 6) is 0. The van der Waals surface area contributed by atoms with Gasteiger partial charge in [-0.05, 0) is 38.1 Å². The fraction of sp³-hybridized carbons (Fsp3) is 0.750. The van der Waals surface area contributed by atoms with Gasteiger partial charge >= 0.3 is 0 Å². The molecule has 0 aromatic carbocycles. The van der Waals surface area contributed by atoms with E-state index in [1.165, 1.54) is 5.57 Å². The van der Waals surface area contributed by atoms with Crippen LogP contribution >= 0.6 is 0 Å². The quantitative estimate of drug-likeness (QED) is 0.508. The lowest BCUT2D eigenvalue weighted by molar-refractivity contribution is 0.144. The first-order chi connectivity index (χ1) is 7.93. The van der Waals surface area contributed by atoms with E-state index in [2.05, 4.69) is 60.0 Å². The molecule has 1 nitrogen and oxygen atoms in total. The second kappa shape index (κ2) is 6.72. The highest BCUT2D eigenvalue weighted by Gasteiger charge is 2.25. The van der Waals surface area contributed by atoms with Gasteiger partial charge in [-0.3, -0.25) is 0 Å². The molecule has 0 aromatic heterocycles. The summed E-state index contributed by atoms with van der Waals surface area (Å²) in [6, 6.07) is 1.02. The highest BCUT2D eigenvalue weighted by Crippen LogP contribution is 2.31. The lowest BCUT2D eigenvalue weighted by Crippen LogP contribution is -2.27. The number of aliphatic hydroxyl groups excluding tert-OH is 1. The van der Waals surface area contributed by atoms with Crippen molar-refractivity contribution in [2.24, 2.45) is 5.41 Å². The van der Waals surface area contributed by atoms with Gasteiger partial charge in [-0.1, -0.05) is 57.3 Å². The van der Waals surface area contributed by atoms with Crippen molar-refractivity contribution < 1.29 is 5.11 Å². The molecule has 0 amide bonds. The summed E-state index contributed by atoms with van der Waals surface area (Å²) in [6.07, 6.45) is 3.73. The van der Waals surface area contributed by atoms with Gasteiger partial charge in [0.25, 0.3) is 0 Å². The van der Waals surface area contributed by atoms with Crippen LogP contribution in [0, 0.1) is 5.41 Å². The lowest BCUT2D eigenvalue weighted by atomic mass is 9.81. The first-order valence-corrected chi connectivity index (χ1v) is 10.6. The Bertz CT molecular complexity index is 304.